The SMILES string of the molecule is C=CC(=O)OCCCCOC(=O)COc1ccc(C(=O)Oc2ccc(C(=O)O[C@H]3COC4C3OC[C@H]4OC)cc2)cc1. The van der Waals surface area contributed by atoms with Gasteiger partial charge in [-0.3, -0.25) is 0 Å². The van der Waals surface area contributed by atoms with Crippen molar-refractivity contribution in [1.29, 1.82) is 0 Å². The van der Waals surface area contributed by atoms with Gasteiger partial charge in [0, 0.05) is 13.2 Å². The standard InChI is InChI=1S/C30H32O12/c1-3-25(31)36-14-4-5-15-37-26(32)18-38-21-10-6-19(7-11-21)29(33)41-22-12-8-20(9-13-22)30(34)42-24-17-40-27-23(35-2)16-39-28(24)27/h3,6-13,23-24,27-28H,1,4-5,14-18H2,2H3/t23-,24+,27?,28?/m1/s1. The van der Waals surface area contributed by atoms with Crippen LogP contribution < -0.4 is 9.47 Å². The normalized spacial score (nSPS) is 20.7. The van der Waals surface area contributed by atoms with E-state index in [2.05, 4.69) is 6.58 Å². The van der Waals surface area contributed by atoms with Gasteiger partial charge in [-0.15, -0.1) is 0 Å². The predicted molar refractivity (Wildman–Crippen MR) is 144 cm³/mol. The van der Waals surface area contributed by atoms with E-state index < -0.39 is 30.0 Å². The lowest BCUT2D eigenvalue weighted by Gasteiger charge is -2.16. The second-order valence-electron chi connectivity index (χ2n) is 9.34. The van der Waals surface area contributed by atoms with Gasteiger partial charge in [-0.1, -0.05) is 6.58 Å². The van der Waals surface area contributed by atoms with Gasteiger partial charge < -0.3 is 37.9 Å². The van der Waals surface area contributed by atoms with Crippen LogP contribution in [-0.4, -0.2) is 88.4 Å². The molecule has 12 heteroatoms. The number of hydrogen-bond acceptors (Lipinski definition) is 12. The van der Waals surface area contributed by atoms with Crippen LogP contribution in [0.3, 0.4) is 0 Å². The van der Waals surface area contributed by atoms with Crippen LogP contribution >= 0.6 is 0 Å². The number of rotatable bonds is 14. The quantitative estimate of drug-likeness (QED) is 0.106. The summed E-state index contributed by atoms with van der Waals surface area (Å²) in [5.74, 6) is -1.61. The van der Waals surface area contributed by atoms with E-state index in [0.29, 0.717) is 25.2 Å². The Morgan fingerprint density at radius 2 is 1.38 bits per heavy atom. The molecule has 42 heavy (non-hydrogen) atoms. The van der Waals surface area contributed by atoms with Crippen LogP contribution in [0.4, 0.5) is 0 Å². The summed E-state index contributed by atoms with van der Waals surface area (Å²) >= 11 is 0. The van der Waals surface area contributed by atoms with Crippen LogP contribution in [0, 0.1) is 0 Å². The molecule has 2 aliphatic rings. The molecular weight excluding hydrogens is 552 g/mol. The molecule has 2 saturated heterocycles. The van der Waals surface area contributed by atoms with E-state index in [9.17, 15) is 19.2 Å². The van der Waals surface area contributed by atoms with Gasteiger partial charge in [-0.2, -0.15) is 0 Å². The number of carbonyl (C=O) groups excluding carboxylic acids is 4. The van der Waals surface area contributed by atoms with E-state index in [4.69, 9.17) is 37.9 Å². The van der Waals surface area contributed by atoms with E-state index in [1.54, 1.807) is 7.11 Å². The molecular formula is C30H32O12. The molecule has 12 nitrogen and oxygen atoms in total. The molecule has 0 aromatic heterocycles. The Bertz CT molecular complexity index is 1240. The Balaban J connectivity index is 1.16. The van der Waals surface area contributed by atoms with E-state index in [1.807, 2.05) is 0 Å². The maximum absolute atomic E-state index is 12.6. The fraction of sp³-hybridized carbons (Fsp3) is 0.400. The minimum atomic E-state index is -0.615. The lowest BCUT2D eigenvalue weighted by molar-refractivity contribution is -0.146. The molecule has 2 aliphatic heterocycles. The molecule has 2 unspecified atom stereocenters. The third-order valence-corrected chi connectivity index (χ3v) is 6.48. The highest BCUT2D eigenvalue weighted by atomic mass is 16.7. The largest absolute Gasteiger partial charge is 0.482 e. The molecule has 0 radical (unpaired) electrons. The molecule has 2 fully saturated rings. The van der Waals surface area contributed by atoms with Crippen molar-refractivity contribution in [2.45, 2.75) is 37.3 Å². The molecule has 2 heterocycles. The molecule has 0 amide bonds. The van der Waals surface area contributed by atoms with Crippen molar-refractivity contribution >= 4 is 23.9 Å². The number of ether oxygens (including phenoxy) is 8. The summed E-state index contributed by atoms with van der Waals surface area (Å²) in [7, 11) is 1.58. The van der Waals surface area contributed by atoms with E-state index in [0.717, 1.165) is 6.08 Å². The van der Waals surface area contributed by atoms with E-state index in [1.165, 1.54) is 48.5 Å². The van der Waals surface area contributed by atoms with Gasteiger partial charge in [0.05, 0.1) is 37.6 Å². The van der Waals surface area contributed by atoms with Gasteiger partial charge in [0.1, 0.15) is 29.8 Å². The molecule has 0 saturated carbocycles. The average Bonchev–Trinajstić information content (AvgIpc) is 3.60. The minimum absolute atomic E-state index is 0.168. The molecule has 224 valence electrons. The van der Waals surface area contributed by atoms with Gasteiger partial charge in [-0.05, 0) is 61.4 Å². The predicted octanol–water partition coefficient (Wildman–Crippen LogP) is 2.68. The van der Waals surface area contributed by atoms with Crippen molar-refractivity contribution in [3.63, 3.8) is 0 Å². The van der Waals surface area contributed by atoms with Gasteiger partial charge in [-0.25, -0.2) is 19.2 Å². The fourth-order valence-electron chi connectivity index (χ4n) is 4.26. The zero-order valence-electron chi connectivity index (χ0n) is 23.1. The number of methoxy groups -OCH3 is 1. The minimum Gasteiger partial charge on any atom is -0.482 e. The molecule has 0 aliphatic carbocycles. The monoisotopic (exact) mass is 584 g/mol. The Labute approximate surface area is 242 Å². The van der Waals surface area contributed by atoms with Crippen molar-refractivity contribution < 1.29 is 57.1 Å². The summed E-state index contributed by atoms with van der Waals surface area (Å²) in [6.45, 7) is 3.99. The van der Waals surface area contributed by atoms with Crippen molar-refractivity contribution in [3.8, 4) is 11.5 Å². The number of carbonyl (C=O) groups is 4. The molecule has 4 atom stereocenters. The topological polar surface area (TPSA) is 142 Å². The number of unbranched alkanes of at least 4 members (excludes halogenated alkanes) is 1. The molecule has 0 bridgehead atoms. The first kappa shape index (κ1) is 30.7. The van der Waals surface area contributed by atoms with Crippen LogP contribution in [0.25, 0.3) is 0 Å². The highest BCUT2D eigenvalue weighted by Crippen LogP contribution is 2.30. The van der Waals surface area contributed by atoms with Crippen molar-refractivity contribution in [2.24, 2.45) is 0 Å². The van der Waals surface area contributed by atoms with Gasteiger partial charge in [0.2, 0.25) is 0 Å². The molecule has 0 N–H and O–H groups in total. The second kappa shape index (κ2) is 15.1. The zero-order valence-corrected chi connectivity index (χ0v) is 23.1. The van der Waals surface area contributed by atoms with Crippen LogP contribution in [0.15, 0.2) is 61.2 Å². The Hall–Kier alpha value is -4.26. The highest BCUT2D eigenvalue weighted by Gasteiger charge is 2.49. The van der Waals surface area contributed by atoms with Gasteiger partial charge >= 0.3 is 23.9 Å². The van der Waals surface area contributed by atoms with Crippen LogP contribution in [-0.2, 0) is 38.0 Å². The maximum atomic E-state index is 12.6. The third kappa shape index (κ3) is 8.38. The van der Waals surface area contributed by atoms with Crippen LogP contribution in [0.2, 0.25) is 0 Å². The smallest absolute Gasteiger partial charge is 0.344 e. The zero-order chi connectivity index (χ0) is 29.9. The first-order valence-electron chi connectivity index (χ1n) is 13.3. The summed E-state index contributed by atoms with van der Waals surface area (Å²) in [4.78, 5) is 47.9. The Morgan fingerprint density at radius 3 is 2.02 bits per heavy atom. The third-order valence-electron chi connectivity index (χ3n) is 6.48. The summed E-state index contributed by atoms with van der Waals surface area (Å²) in [5.41, 5.74) is 0.542. The van der Waals surface area contributed by atoms with E-state index >= 15 is 0 Å². The lowest BCUT2D eigenvalue weighted by Crippen LogP contribution is -2.34. The first-order chi connectivity index (χ1) is 20.4. The first-order valence-corrected chi connectivity index (χ1v) is 13.3. The van der Waals surface area contributed by atoms with Crippen LogP contribution in [0.5, 0.6) is 11.5 Å². The number of esters is 4. The second-order valence-corrected chi connectivity index (χ2v) is 9.34. The van der Waals surface area contributed by atoms with E-state index in [-0.39, 0.29) is 61.6 Å². The van der Waals surface area contributed by atoms with Gasteiger partial charge in [0.25, 0.3) is 0 Å². The summed E-state index contributed by atoms with van der Waals surface area (Å²) in [6, 6.07) is 12.0. The van der Waals surface area contributed by atoms with Crippen molar-refractivity contribution in [1.82, 2.24) is 0 Å². The highest BCUT2D eigenvalue weighted by molar-refractivity contribution is 5.92. The summed E-state index contributed by atoms with van der Waals surface area (Å²) in [5, 5.41) is 0. The van der Waals surface area contributed by atoms with Crippen molar-refractivity contribution in [3.05, 3.63) is 72.3 Å². The Morgan fingerprint density at radius 1 is 0.810 bits per heavy atom. The lowest BCUT2D eigenvalue weighted by atomic mass is 10.1. The number of benzene rings is 2. The maximum Gasteiger partial charge on any atom is 0.344 e. The Kier molecular flexibility index (Phi) is 11.0. The molecule has 2 aromatic rings. The average molecular weight is 585 g/mol. The molecule has 0 spiro atoms. The molecule has 2 aromatic carbocycles. The number of fused-ring (bicyclic) bond motifs is 1. The summed E-state index contributed by atoms with van der Waals surface area (Å²) < 4.78 is 42.9. The fourth-order valence-corrected chi connectivity index (χ4v) is 4.26. The van der Waals surface area contributed by atoms with Crippen LogP contribution in [0.1, 0.15) is 33.6 Å². The molecule has 4 rings (SSSR count). The van der Waals surface area contributed by atoms with Crippen molar-refractivity contribution in [2.75, 3.05) is 40.1 Å². The number of hydrogen-bond donors (Lipinski definition) is 0. The van der Waals surface area contributed by atoms with Gasteiger partial charge in [0.15, 0.2) is 12.7 Å². The summed E-state index contributed by atoms with van der Waals surface area (Å²) in [6.07, 6.45) is 0.791.